The topological polar surface area (TPSA) is 134 Å². The number of carbonyl (C=O) groups is 5. The standard InChI is InChI=1S/C35H48N4O6/c1-8-10-16-25(29(40)31(42)36-17-11-9-2)37-30(41)28-26-24(35(26,6)7)20-39(28)32(43)27(38-33(44)45-34(3,4)5)23-18-21-14-12-13-15-22(21)19-23/h8-9,12-15,23-28H,1-2,10-11,16-20H2,3-7H3,(H,36,42)(H,37,41)(H,38,44)/t24?,25?,26-,27-,28-/m0/s1. The molecule has 0 bridgehead atoms. The Kier molecular flexibility index (Phi) is 10.2. The minimum atomic E-state index is -1.07. The van der Waals surface area contributed by atoms with Crippen LogP contribution in [0.1, 0.15) is 65.0 Å². The molecular formula is C35H48N4O6. The summed E-state index contributed by atoms with van der Waals surface area (Å²) in [5.74, 6) is -2.61. The van der Waals surface area contributed by atoms with Gasteiger partial charge in [0.15, 0.2) is 0 Å². The number of likely N-dealkylation sites (tertiary alicyclic amines) is 1. The summed E-state index contributed by atoms with van der Waals surface area (Å²) in [5, 5.41) is 8.24. The fourth-order valence-corrected chi connectivity index (χ4v) is 6.98. The van der Waals surface area contributed by atoms with Crippen molar-refractivity contribution < 1.29 is 28.7 Å². The van der Waals surface area contributed by atoms with E-state index in [0.717, 1.165) is 11.1 Å². The highest BCUT2D eigenvalue weighted by Gasteiger charge is 2.69. The van der Waals surface area contributed by atoms with Crippen LogP contribution < -0.4 is 16.0 Å². The van der Waals surface area contributed by atoms with Crippen molar-refractivity contribution in [1.29, 1.82) is 0 Å². The summed E-state index contributed by atoms with van der Waals surface area (Å²) in [6.45, 7) is 17.4. The Labute approximate surface area is 266 Å². The van der Waals surface area contributed by atoms with Crippen LogP contribution >= 0.6 is 0 Å². The second-order valence-electron chi connectivity index (χ2n) is 14.1. The zero-order valence-corrected chi connectivity index (χ0v) is 27.2. The number of fused-ring (bicyclic) bond motifs is 2. The molecule has 2 aliphatic carbocycles. The predicted octanol–water partition coefficient (Wildman–Crippen LogP) is 3.49. The highest BCUT2D eigenvalue weighted by Crippen LogP contribution is 2.65. The van der Waals surface area contributed by atoms with Gasteiger partial charge in [0.05, 0.1) is 6.04 Å². The first kappa shape index (κ1) is 33.9. The molecule has 1 aromatic rings. The summed E-state index contributed by atoms with van der Waals surface area (Å²) in [5.41, 5.74) is 1.31. The van der Waals surface area contributed by atoms with Gasteiger partial charge in [0, 0.05) is 13.1 Å². The molecule has 3 aliphatic rings. The molecule has 45 heavy (non-hydrogen) atoms. The number of amides is 4. The number of allylic oxidation sites excluding steroid dienone is 1. The number of rotatable bonds is 13. The molecule has 2 fully saturated rings. The lowest BCUT2D eigenvalue weighted by Crippen LogP contribution is -2.59. The normalized spacial score (nSPS) is 22.7. The Morgan fingerprint density at radius 1 is 1.02 bits per heavy atom. The third kappa shape index (κ3) is 7.65. The molecular weight excluding hydrogens is 572 g/mol. The van der Waals surface area contributed by atoms with E-state index in [9.17, 15) is 24.0 Å². The summed E-state index contributed by atoms with van der Waals surface area (Å²) < 4.78 is 5.54. The number of hydrogen-bond donors (Lipinski definition) is 3. The lowest BCUT2D eigenvalue weighted by molar-refractivity contribution is -0.144. The fraction of sp³-hybridized carbons (Fsp3) is 0.571. The van der Waals surface area contributed by atoms with Gasteiger partial charge in [-0.2, -0.15) is 0 Å². The Hall–Kier alpha value is -3.95. The maximum atomic E-state index is 14.4. The summed E-state index contributed by atoms with van der Waals surface area (Å²) in [4.78, 5) is 68.8. The molecule has 4 rings (SSSR count). The SMILES string of the molecule is C=CCCNC(=O)C(=O)C(CCC=C)NC(=O)[C@@H]1[C@@H]2C(CN1C(=O)[C@@H](NC(=O)OC(C)(C)C)C1Cc3ccccc3C1)C2(C)C. The number of nitrogens with zero attached hydrogens (tertiary/aromatic N) is 1. The van der Waals surface area contributed by atoms with Crippen LogP contribution in [0, 0.1) is 23.2 Å². The van der Waals surface area contributed by atoms with Crippen LogP contribution in [0.2, 0.25) is 0 Å². The van der Waals surface area contributed by atoms with E-state index < -0.39 is 47.4 Å². The highest BCUT2D eigenvalue weighted by atomic mass is 16.6. The van der Waals surface area contributed by atoms with Crippen molar-refractivity contribution >= 4 is 29.6 Å². The van der Waals surface area contributed by atoms with E-state index in [4.69, 9.17) is 4.74 Å². The van der Waals surface area contributed by atoms with E-state index in [1.54, 1.807) is 37.8 Å². The van der Waals surface area contributed by atoms with E-state index in [1.165, 1.54) is 0 Å². The number of alkyl carbamates (subject to hydrolysis) is 1. The average Bonchev–Trinajstić information content (AvgIpc) is 3.34. The van der Waals surface area contributed by atoms with Crippen molar-refractivity contribution in [3.63, 3.8) is 0 Å². The first-order valence-electron chi connectivity index (χ1n) is 15.9. The van der Waals surface area contributed by atoms with Crippen molar-refractivity contribution in [2.24, 2.45) is 23.2 Å². The van der Waals surface area contributed by atoms with Crippen LogP contribution in [0.5, 0.6) is 0 Å². The van der Waals surface area contributed by atoms with Crippen LogP contribution in [-0.4, -0.2) is 71.3 Å². The number of ether oxygens (including phenoxy) is 1. The van der Waals surface area contributed by atoms with Gasteiger partial charge in [-0.3, -0.25) is 19.2 Å². The average molecular weight is 621 g/mol. The summed E-state index contributed by atoms with van der Waals surface area (Å²) in [7, 11) is 0. The van der Waals surface area contributed by atoms with E-state index in [-0.39, 0.29) is 42.0 Å². The van der Waals surface area contributed by atoms with E-state index in [2.05, 4.69) is 43.0 Å². The summed E-state index contributed by atoms with van der Waals surface area (Å²) >= 11 is 0. The quantitative estimate of drug-likeness (QED) is 0.176. The van der Waals surface area contributed by atoms with E-state index >= 15 is 0 Å². The van der Waals surface area contributed by atoms with Gasteiger partial charge in [-0.25, -0.2) is 4.79 Å². The summed E-state index contributed by atoms with van der Waals surface area (Å²) in [6, 6.07) is 5.13. The maximum absolute atomic E-state index is 14.4. The number of piperidine rings is 1. The third-order valence-corrected chi connectivity index (χ3v) is 9.40. The number of carbonyl (C=O) groups excluding carboxylic acids is 5. The second-order valence-corrected chi connectivity index (χ2v) is 14.1. The molecule has 2 unspecified atom stereocenters. The molecule has 1 heterocycles. The molecule has 0 radical (unpaired) electrons. The monoisotopic (exact) mass is 620 g/mol. The van der Waals surface area contributed by atoms with Crippen LogP contribution in [0.25, 0.3) is 0 Å². The highest BCUT2D eigenvalue weighted by molar-refractivity contribution is 6.38. The predicted molar refractivity (Wildman–Crippen MR) is 171 cm³/mol. The van der Waals surface area contributed by atoms with Crippen molar-refractivity contribution in [2.75, 3.05) is 13.1 Å². The molecule has 0 aromatic heterocycles. The van der Waals surface area contributed by atoms with Crippen LogP contribution in [0.3, 0.4) is 0 Å². The van der Waals surface area contributed by atoms with Crippen molar-refractivity contribution in [1.82, 2.24) is 20.9 Å². The minimum Gasteiger partial charge on any atom is -0.444 e. The third-order valence-electron chi connectivity index (χ3n) is 9.40. The lowest BCUT2D eigenvalue weighted by atomic mass is 9.93. The first-order valence-corrected chi connectivity index (χ1v) is 15.9. The van der Waals surface area contributed by atoms with Crippen molar-refractivity contribution in [2.45, 2.75) is 90.4 Å². The molecule has 10 nitrogen and oxygen atoms in total. The second kappa shape index (κ2) is 13.6. The Morgan fingerprint density at radius 2 is 1.64 bits per heavy atom. The van der Waals surface area contributed by atoms with E-state index in [0.29, 0.717) is 32.2 Å². The van der Waals surface area contributed by atoms with Gasteiger partial charge >= 0.3 is 6.09 Å². The molecule has 5 atom stereocenters. The zero-order valence-electron chi connectivity index (χ0n) is 27.2. The molecule has 1 saturated heterocycles. The van der Waals surface area contributed by atoms with Crippen LogP contribution in [-0.2, 0) is 36.8 Å². The molecule has 10 heteroatoms. The molecule has 0 spiro atoms. The molecule has 1 saturated carbocycles. The Morgan fingerprint density at radius 3 is 2.22 bits per heavy atom. The van der Waals surface area contributed by atoms with Crippen LogP contribution in [0.4, 0.5) is 4.79 Å². The fourth-order valence-electron chi connectivity index (χ4n) is 6.98. The van der Waals surface area contributed by atoms with Crippen LogP contribution in [0.15, 0.2) is 49.6 Å². The Bertz CT molecular complexity index is 1320. The molecule has 4 amide bonds. The number of benzene rings is 1. The zero-order chi connectivity index (χ0) is 33.1. The number of hydrogen-bond acceptors (Lipinski definition) is 6. The number of nitrogens with one attached hydrogen (secondary N) is 3. The van der Waals surface area contributed by atoms with Gasteiger partial charge in [-0.05, 0) is 87.2 Å². The summed E-state index contributed by atoms with van der Waals surface area (Å²) in [6.07, 6.45) is 4.88. The number of ketones is 1. The van der Waals surface area contributed by atoms with Gasteiger partial charge < -0.3 is 25.6 Å². The molecule has 1 aromatic carbocycles. The lowest BCUT2D eigenvalue weighted by Gasteiger charge is -2.35. The molecule has 1 aliphatic heterocycles. The van der Waals surface area contributed by atoms with Gasteiger partial charge in [-0.15, -0.1) is 13.2 Å². The van der Waals surface area contributed by atoms with Crippen molar-refractivity contribution in [3.8, 4) is 0 Å². The van der Waals surface area contributed by atoms with Gasteiger partial charge in [-0.1, -0.05) is 50.3 Å². The van der Waals surface area contributed by atoms with Gasteiger partial charge in [0.2, 0.25) is 17.6 Å². The first-order chi connectivity index (χ1) is 21.2. The molecule has 3 N–H and O–H groups in total. The van der Waals surface area contributed by atoms with Gasteiger partial charge in [0.1, 0.15) is 17.7 Å². The van der Waals surface area contributed by atoms with Gasteiger partial charge in [0.25, 0.3) is 5.91 Å². The largest absolute Gasteiger partial charge is 0.444 e. The van der Waals surface area contributed by atoms with Crippen molar-refractivity contribution in [3.05, 3.63) is 60.7 Å². The smallest absolute Gasteiger partial charge is 0.408 e. The Balaban J connectivity index is 1.58. The minimum absolute atomic E-state index is 0.0877. The molecule has 244 valence electrons. The number of Topliss-reactive ketones (excluding diaryl/α,β-unsaturated/α-hetero) is 1. The van der Waals surface area contributed by atoms with E-state index in [1.807, 2.05) is 24.3 Å². The maximum Gasteiger partial charge on any atom is 0.408 e.